The van der Waals surface area contributed by atoms with Gasteiger partial charge >= 0.3 is 0 Å². The van der Waals surface area contributed by atoms with Crippen LogP contribution in [0.3, 0.4) is 0 Å². The number of hydrogen-bond acceptors (Lipinski definition) is 4. The second-order valence-corrected chi connectivity index (χ2v) is 5.99. The maximum absolute atomic E-state index is 4.71. The van der Waals surface area contributed by atoms with Crippen LogP contribution < -0.4 is 0 Å². The molecule has 0 N–H and O–H groups in total. The predicted molar refractivity (Wildman–Crippen MR) is 92.7 cm³/mol. The molecule has 0 amide bonds. The van der Waals surface area contributed by atoms with Crippen LogP contribution >= 0.6 is 0 Å². The zero-order valence-electron chi connectivity index (χ0n) is 13.6. The molecule has 0 bridgehead atoms. The number of hydrogen-bond donors (Lipinski definition) is 0. The van der Waals surface area contributed by atoms with E-state index in [1.165, 1.54) is 16.7 Å². The minimum absolute atomic E-state index is 0.705. The SMILES string of the molecule is Cc1cc(C)cc(Cc2nc3c(-c4cccnc4)nccn3n2)c1. The minimum Gasteiger partial charge on any atom is -0.264 e. The van der Waals surface area contributed by atoms with E-state index in [-0.39, 0.29) is 0 Å². The van der Waals surface area contributed by atoms with Crippen molar-refractivity contribution in [3.8, 4) is 11.3 Å². The van der Waals surface area contributed by atoms with Gasteiger partial charge in [0, 0.05) is 36.8 Å². The largest absolute Gasteiger partial charge is 0.264 e. The Morgan fingerprint density at radius 2 is 1.88 bits per heavy atom. The van der Waals surface area contributed by atoms with Crippen molar-refractivity contribution >= 4 is 5.65 Å². The van der Waals surface area contributed by atoms with Gasteiger partial charge in [-0.25, -0.2) is 9.50 Å². The number of pyridine rings is 1. The van der Waals surface area contributed by atoms with Crippen LogP contribution in [0.4, 0.5) is 0 Å². The van der Waals surface area contributed by atoms with Gasteiger partial charge in [0.25, 0.3) is 0 Å². The zero-order chi connectivity index (χ0) is 16.5. The van der Waals surface area contributed by atoms with Crippen molar-refractivity contribution in [1.29, 1.82) is 0 Å². The topological polar surface area (TPSA) is 56.0 Å². The first-order chi connectivity index (χ1) is 11.7. The molecule has 0 fully saturated rings. The fourth-order valence-electron chi connectivity index (χ4n) is 3.00. The smallest absolute Gasteiger partial charge is 0.182 e. The highest BCUT2D eigenvalue weighted by Gasteiger charge is 2.11. The van der Waals surface area contributed by atoms with Gasteiger partial charge in [-0.2, -0.15) is 5.10 Å². The molecular formula is C19H17N5. The Bertz CT molecular complexity index is 985. The normalized spacial score (nSPS) is 11.1. The van der Waals surface area contributed by atoms with Crippen molar-refractivity contribution in [1.82, 2.24) is 24.6 Å². The molecule has 0 saturated carbocycles. The summed E-state index contributed by atoms with van der Waals surface area (Å²) in [6.07, 6.45) is 7.81. The van der Waals surface area contributed by atoms with Crippen LogP contribution in [-0.2, 0) is 6.42 Å². The Hall–Kier alpha value is -3.08. The fourth-order valence-corrected chi connectivity index (χ4v) is 3.00. The van der Waals surface area contributed by atoms with Crippen LogP contribution in [0.1, 0.15) is 22.5 Å². The maximum atomic E-state index is 4.71. The van der Waals surface area contributed by atoms with Crippen LogP contribution in [0, 0.1) is 13.8 Å². The third kappa shape index (κ3) is 2.76. The monoisotopic (exact) mass is 315 g/mol. The van der Waals surface area contributed by atoms with Crippen molar-refractivity contribution in [2.24, 2.45) is 0 Å². The number of fused-ring (bicyclic) bond motifs is 1. The van der Waals surface area contributed by atoms with Crippen LogP contribution in [0.25, 0.3) is 16.9 Å². The molecule has 24 heavy (non-hydrogen) atoms. The van der Waals surface area contributed by atoms with E-state index in [9.17, 15) is 0 Å². The van der Waals surface area contributed by atoms with Crippen molar-refractivity contribution in [3.63, 3.8) is 0 Å². The van der Waals surface area contributed by atoms with Gasteiger partial charge in [0.1, 0.15) is 5.69 Å². The molecule has 0 spiro atoms. The van der Waals surface area contributed by atoms with Crippen molar-refractivity contribution in [3.05, 3.63) is 77.6 Å². The quantitative estimate of drug-likeness (QED) is 0.581. The molecular weight excluding hydrogens is 298 g/mol. The summed E-state index contributed by atoms with van der Waals surface area (Å²) in [5.74, 6) is 0.790. The molecule has 4 rings (SSSR count). The first kappa shape index (κ1) is 14.5. The van der Waals surface area contributed by atoms with E-state index < -0.39 is 0 Å². The fraction of sp³-hybridized carbons (Fsp3) is 0.158. The van der Waals surface area contributed by atoms with Gasteiger partial charge in [-0.3, -0.25) is 9.97 Å². The molecule has 5 heteroatoms. The van der Waals surface area contributed by atoms with Crippen molar-refractivity contribution in [2.45, 2.75) is 20.3 Å². The summed E-state index contributed by atoms with van der Waals surface area (Å²) >= 11 is 0. The molecule has 118 valence electrons. The van der Waals surface area contributed by atoms with Gasteiger partial charge in [-0.05, 0) is 31.5 Å². The number of benzene rings is 1. The average molecular weight is 315 g/mol. The first-order valence-electron chi connectivity index (χ1n) is 7.87. The molecule has 0 unspecified atom stereocenters. The van der Waals surface area contributed by atoms with Crippen molar-refractivity contribution < 1.29 is 0 Å². The molecule has 5 nitrogen and oxygen atoms in total. The Kier molecular flexibility index (Phi) is 3.54. The number of nitrogens with zero attached hydrogens (tertiary/aromatic N) is 5. The summed E-state index contributed by atoms with van der Waals surface area (Å²) in [4.78, 5) is 13.3. The van der Waals surface area contributed by atoms with E-state index in [1.807, 2.05) is 18.3 Å². The van der Waals surface area contributed by atoms with E-state index >= 15 is 0 Å². The molecule has 4 aromatic rings. The Balaban J connectivity index is 1.76. The van der Waals surface area contributed by atoms with Crippen molar-refractivity contribution in [2.75, 3.05) is 0 Å². The third-order valence-electron chi connectivity index (χ3n) is 3.88. The number of aryl methyl sites for hydroxylation is 2. The molecule has 3 heterocycles. The Morgan fingerprint density at radius 3 is 2.62 bits per heavy atom. The Morgan fingerprint density at radius 1 is 1.04 bits per heavy atom. The van der Waals surface area contributed by atoms with E-state index in [4.69, 9.17) is 4.98 Å². The maximum Gasteiger partial charge on any atom is 0.182 e. The molecule has 0 aliphatic rings. The standard InChI is InChI=1S/C19H17N5/c1-13-8-14(2)10-15(9-13)11-17-22-19-18(16-4-3-5-20-12-16)21-6-7-24(19)23-17/h3-10,12H,11H2,1-2H3. The van der Waals surface area contributed by atoms with Gasteiger partial charge < -0.3 is 0 Å². The molecule has 0 aliphatic carbocycles. The second-order valence-electron chi connectivity index (χ2n) is 5.99. The molecule has 0 atom stereocenters. The number of rotatable bonds is 3. The van der Waals surface area contributed by atoms with Gasteiger partial charge in [-0.1, -0.05) is 29.3 Å². The summed E-state index contributed by atoms with van der Waals surface area (Å²) in [6, 6.07) is 10.4. The average Bonchev–Trinajstić information content (AvgIpc) is 2.96. The third-order valence-corrected chi connectivity index (χ3v) is 3.88. The Labute approximate surface area is 140 Å². The van der Waals surface area contributed by atoms with E-state index in [1.54, 1.807) is 23.1 Å². The lowest BCUT2D eigenvalue weighted by Crippen LogP contribution is -1.94. The molecule has 3 aromatic heterocycles. The summed E-state index contributed by atoms with van der Waals surface area (Å²) in [5, 5.41) is 4.60. The van der Waals surface area contributed by atoms with Crippen LogP contribution in [0.5, 0.6) is 0 Å². The molecule has 1 aromatic carbocycles. The van der Waals surface area contributed by atoms with Gasteiger partial charge in [0.2, 0.25) is 0 Å². The summed E-state index contributed by atoms with van der Waals surface area (Å²) in [6.45, 7) is 4.22. The summed E-state index contributed by atoms with van der Waals surface area (Å²) in [5.41, 5.74) is 6.22. The number of aromatic nitrogens is 5. The van der Waals surface area contributed by atoms with E-state index in [0.29, 0.717) is 6.42 Å². The van der Waals surface area contributed by atoms with Gasteiger partial charge in [0.05, 0.1) is 0 Å². The van der Waals surface area contributed by atoms with Crippen LogP contribution in [-0.4, -0.2) is 24.6 Å². The molecule has 0 radical (unpaired) electrons. The lowest BCUT2D eigenvalue weighted by molar-refractivity contribution is 0.893. The van der Waals surface area contributed by atoms with Gasteiger partial charge in [-0.15, -0.1) is 0 Å². The zero-order valence-corrected chi connectivity index (χ0v) is 13.6. The van der Waals surface area contributed by atoms with Crippen LogP contribution in [0.15, 0.2) is 55.1 Å². The van der Waals surface area contributed by atoms with Gasteiger partial charge in [0.15, 0.2) is 11.5 Å². The summed E-state index contributed by atoms with van der Waals surface area (Å²) in [7, 11) is 0. The highest BCUT2D eigenvalue weighted by Crippen LogP contribution is 2.20. The lowest BCUT2D eigenvalue weighted by Gasteiger charge is -2.02. The highest BCUT2D eigenvalue weighted by atomic mass is 15.3. The van der Waals surface area contributed by atoms with E-state index in [2.05, 4.69) is 47.1 Å². The second kappa shape index (κ2) is 5.85. The predicted octanol–water partition coefficient (Wildman–Crippen LogP) is 3.39. The molecule has 0 saturated heterocycles. The van der Waals surface area contributed by atoms with Crippen LogP contribution in [0.2, 0.25) is 0 Å². The van der Waals surface area contributed by atoms with E-state index in [0.717, 1.165) is 22.7 Å². The highest BCUT2D eigenvalue weighted by molar-refractivity contribution is 5.72. The lowest BCUT2D eigenvalue weighted by atomic mass is 10.1. The summed E-state index contributed by atoms with van der Waals surface area (Å²) < 4.78 is 1.79. The minimum atomic E-state index is 0.705. The molecule has 0 aliphatic heterocycles. The first-order valence-corrected chi connectivity index (χ1v) is 7.87.